The maximum absolute atomic E-state index is 12.0. The van der Waals surface area contributed by atoms with Crippen LogP contribution in [0.4, 0.5) is 5.69 Å². The van der Waals surface area contributed by atoms with E-state index in [0.717, 1.165) is 12.8 Å². The van der Waals surface area contributed by atoms with Gasteiger partial charge in [0.1, 0.15) is 23.2 Å². The molecule has 0 spiro atoms. The number of carbonyl (C=O) groups is 1. The summed E-state index contributed by atoms with van der Waals surface area (Å²) in [5.74, 6) is 0.351. The van der Waals surface area contributed by atoms with E-state index in [9.17, 15) is 20.2 Å². The van der Waals surface area contributed by atoms with Gasteiger partial charge in [-0.05, 0) is 40.5 Å². The largest absolute Gasteiger partial charge is 0.457 e. The van der Waals surface area contributed by atoms with Gasteiger partial charge < -0.3 is 9.73 Å². The molecule has 8 heteroatoms. The molecule has 0 saturated carbocycles. The molecule has 0 fully saturated rings. The van der Waals surface area contributed by atoms with Gasteiger partial charge in [0, 0.05) is 34.8 Å². The molecule has 1 amide bonds. The molecule has 0 saturated heterocycles. The number of nitro groups is 1. The number of halogens is 1. The van der Waals surface area contributed by atoms with Crippen molar-refractivity contribution in [1.82, 2.24) is 5.32 Å². The number of furan rings is 1. The summed E-state index contributed by atoms with van der Waals surface area (Å²) < 4.78 is 6.16. The molecule has 0 atom stereocenters. The maximum Gasteiger partial charge on any atom is 0.270 e. The van der Waals surface area contributed by atoms with Crippen LogP contribution in [0.5, 0.6) is 0 Å². The molecule has 1 N–H and O–H groups in total. The zero-order valence-electron chi connectivity index (χ0n) is 14.0. The molecule has 1 aromatic heterocycles. The van der Waals surface area contributed by atoms with Gasteiger partial charge in [-0.2, -0.15) is 5.26 Å². The van der Waals surface area contributed by atoms with Crippen LogP contribution in [0.25, 0.3) is 17.4 Å². The number of nitriles is 1. The van der Waals surface area contributed by atoms with E-state index in [1.165, 1.54) is 18.2 Å². The smallest absolute Gasteiger partial charge is 0.270 e. The Labute approximate surface area is 158 Å². The molecule has 0 bridgehead atoms. The van der Waals surface area contributed by atoms with Gasteiger partial charge in [0.2, 0.25) is 0 Å². The second-order valence-electron chi connectivity index (χ2n) is 5.40. The van der Waals surface area contributed by atoms with Crippen LogP contribution >= 0.6 is 15.9 Å². The highest BCUT2D eigenvalue weighted by Gasteiger charge is 2.14. The fraction of sp³-hybridized carbons (Fsp3) is 0.222. The van der Waals surface area contributed by atoms with E-state index in [1.807, 2.05) is 13.0 Å². The van der Waals surface area contributed by atoms with Crippen LogP contribution in [0.15, 0.2) is 44.8 Å². The normalized spacial score (nSPS) is 11.0. The second-order valence-corrected chi connectivity index (χ2v) is 6.26. The maximum atomic E-state index is 12.0. The highest BCUT2D eigenvalue weighted by molar-refractivity contribution is 9.10. The van der Waals surface area contributed by atoms with E-state index in [0.29, 0.717) is 28.1 Å². The third-order valence-electron chi connectivity index (χ3n) is 3.52. The van der Waals surface area contributed by atoms with Crippen molar-refractivity contribution in [3.05, 3.63) is 56.3 Å². The number of benzene rings is 1. The first-order valence-corrected chi connectivity index (χ1v) is 8.69. The molecule has 2 rings (SSSR count). The summed E-state index contributed by atoms with van der Waals surface area (Å²) in [4.78, 5) is 22.3. The van der Waals surface area contributed by atoms with Gasteiger partial charge in [-0.1, -0.05) is 13.3 Å². The molecular formula is C18H16BrN3O4. The molecule has 26 heavy (non-hydrogen) atoms. The minimum Gasteiger partial charge on any atom is -0.457 e. The first-order valence-electron chi connectivity index (χ1n) is 7.90. The summed E-state index contributed by atoms with van der Waals surface area (Å²) in [7, 11) is 0. The monoisotopic (exact) mass is 417 g/mol. The molecule has 7 nitrogen and oxygen atoms in total. The Morgan fingerprint density at radius 2 is 2.19 bits per heavy atom. The van der Waals surface area contributed by atoms with E-state index >= 15 is 0 Å². The van der Waals surface area contributed by atoms with Crippen molar-refractivity contribution in [3.8, 4) is 17.4 Å². The zero-order valence-corrected chi connectivity index (χ0v) is 15.6. The van der Waals surface area contributed by atoms with Crippen LogP contribution < -0.4 is 5.32 Å². The average Bonchev–Trinajstić information content (AvgIpc) is 3.07. The van der Waals surface area contributed by atoms with Crippen molar-refractivity contribution in [2.75, 3.05) is 6.54 Å². The summed E-state index contributed by atoms with van der Waals surface area (Å²) in [6, 6.07) is 9.48. The number of hydrogen-bond donors (Lipinski definition) is 1. The summed E-state index contributed by atoms with van der Waals surface area (Å²) >= 11 is 3.29. The van der Waals surface area contributed by atoms with Gasteiger partial charge in [0.15, 0.2) is 0 Å². The molecule has 134 valence electrons. The predicted molar refractivity (Wildman–Crippen MR) is 100 cm³/mol. The fourth-order valence-electron chi connectivity index (χ4n) is 2.16. The highest BCUT2D eigenvalue weighted by atomic mass is 79.9. The number of unbranched alkanes of at least 4 members (excludes halogenated alkanes) is 1. The molecule has 0 radical (unpaired) electrons. The Morgan fingerprint density at radius 3 is 2.81 bits per heavy atom. The van der Waals surface area contributed by atoms with Crippen molar-refractivity contribution in [1.29, 1.82) is 5.26 Å². The van der Waals surface area contributed by atoms with Gasteiger partial charge in [-0.15, -0.1) is 0 Å². The standard InChI is InChI=1S/C18H16BrN3O4/c1-2-3-8-21-18(23)12(11-20)9-14-5-7-17(26-14)15-6-4-13(22(24)25)10-16(15)19/h4-7,9-10H,2-3,8H2,1H3,(H,21,23)/b12-9+. The molecule has 0 aliphatic carbocycles. The van der Waals surface area contributed by atoms with Crippen molar-refractivity contribution >= 4 is 33.6 Å². The van der Waals surface area contributed by atoms with Gasteiger partial charge >= 0.3 is 0 Å². The molecule has 0 aliphatic heterocycles. The minimum absolute atomic E-state index is 0.0391. The first-order chi connectivity index (χ1) is 12.5. The Morgan fingerprint density at radius 1 is 1.42 bits per heavy atom. The van der Waals surface area contributed by atoms with Gasteiger partial charge in [-0.25, -0.2) is 0 Å². The minimum atomic E-state index is -0.485. The number of non-ortho nitro benzene ring substituents is 1. The van der Waals surface area contributed by atoms with Crippen LogP contribution in [0.1, 0.15) is 25.5 Å². The Hall–Kier alpha value is -2.92. The van der Waals surface area contributed by atoms with E-state index in [1.54, 1.807) is 18.2 Å². The summed E-state index contributed by atoms with van der Waals surface area (Å²) in [6.07, 6.45) is 3.14. The molecule has 0 unspecified atom stereocenters. The van der Waals surface area contributed by atoms with Gasteiger partial charge in [0.05, 0.1) is 4.92 Å². The topological polar surface area (TPSA) is 109 Å². The van der Waals surface area contributed by atoms with Crippen molar-refractivity contribution in [2.24, 2.45) is 0 Å². The summed E-state index contributed by atoms with van der Waals surface area (Å²) in [5.41, 5.74) is 0.536. The Balaban J connectivity index is 2.22. The van der Waals surface area contributed by atoms with Crippen LogP contribution in [0.2, 0.25) is 0 Å². The summed E-state index contributed by atoms with van der Waals surface area (Å²) in [5, 5.41) is 22.7. The summed E-state index contributed by atoms with van der Waals surface area (Å²) in [6.45, 7) is 2.52. The lowest BCUT2D eigenvalue weighted by molar-refractivity contribution is -0.384. The van der Waals surface area contributed by atoms with E-state index in [-0.39, 0.29) is 11.3 Å². The fourth-order valence-corrected chi connectivity index (χ4v) is 2.72. The first kappa shape index (κ1) is 19.4. The van der Waals surface area contributed by atoms with Crippen molar-refractivity contribution < 1.29 is 14.1 Å². The van der Waals surface area contributed by atoms with Crippen LogP contribution in [0, 0.1) is 21.4 Å². The third-order valence-corrected chi connectivity index (χ3v) is 4.18. The van der Waals surface area contributed by atoms with Gasteiger partial charge in [-0.3, -0.25) is 14.9 Å². The van der Waals surface area contributed by atoms with Crippen LogP contribution in [0.3, 0.4) is 0 Å². The Bertz CT molecular complexity index is 896. The lowest BCUT2D eigenvalue weighted by Gasteiger charge is -2.02. The molecule has 1 heterocycles. The van der Waals surface area contributed by atoms with Crippen molar-refractivity contribution in [3.63, 3.8) is 0 Å². The van der Waals surface area contributed by atoms with E-state index in [2.05, 4.69) is 21.2 Å². The quantitative estimate of drug-likeness (QED) is 0.235. The number of rotatable bonds is 7. The SMILES string of the molecule is CCCCNC(=O)/C(C#N)=C/c1ccc(-c2ccc([N+](=O)[O-])cc2Br)o1. The highest BCUT2D eigenvalue weighted by Crippen LogP contribution is 2.32. The van der Waals surface area contributed by atoms with E-state index < -0.39 is 10.8 Å². The molecule has 1 aromatic carbocycles. The molecular weight excluding hydrogens is 402 g/mol. The number of carbonyl (C=O) groups excluding carboxylic acids is 1. The number of nitrogens with zero attached hydrogens (tertiary/aromatic N) is 2. The predicted octanol–water partition coefficient (Wildman–Crippen LogP) is 4.44. The zero-order chi connectivity index (χ0) is 19.1. The average molecular weight is 418 g/mol. The third kappa shape index (κ3) is 4.80. The van der Waals surface area contributed by atoms with E-state index in [4.69, 9.17) is 4.42 Å². The van der Waals surface area contributed by atoms with Gasteiger partial charge in [0.25, 0.3) is 11.6 Å². The van der Waals surface area contributed by atoms with Crippen LogP contribution in [-0.2, 0) is 4.79 Å². The lowest BCUT2D eigenvalue weighted by atomic mass is 10.1. The second kappa shape index (κ2) is 8.97. The molecule has 2 aromatic rings. The number of nitrogens with one attached hydrogen (secondary N) is 1. The number of nitro benzene ring substituents is 1. The number of amides is 1. The number of hydrogen-bond acceptors (Lipinski definition) is 5. The molecule has 0 aliphatic rings. The van der Waals surface area contributed by atoms with Crippen molar-refractivity contribution in [2.45, 2.75) is 19.8 Å². The van der Waals surface area contributed by atoms with Crippen LogP contribution in [-0.4, -0.2) is 17.4 Å². The Kier molecular flexibility index (Phi) is 6.69. The lowest BCUT2D eigenvalue weighted by Crippen LogP contribution is -2.25.